The van der Waals surface area contributed by atoms with Crippen molar-refractivity contribution in [2.75, 3.05) is 5.75 Å². The van der Waals surface area contributed by atoms with Crippen molar-refractivity contribution in [1.82, 2.24) is 14.8 Å². The molecule has 24 heavy (non-hydrogen) atoms. The van der Waals surface area contributed by atoms with E-state index in [1.807, 2.05) is 48.5 Å². The molecule has 0 amide bonds. The zero-order chi connectivity index (χ0) is 16.6. The molecule has 5 heteroatoms. The second-order valence-electron chi connectivity index (χ2n) is 5.31. The minimum absolute atomic E-state index is 0.612. The van der Waals surface area contributed by atoms with E-state index in [-0.39, 0.29) is 0 Å². The fraction of sp³-hybridized carbons (Fsp3) is 0.211. The van der Waals surface area contributed by atoms with Crippen LogP contribution in [-0.2, 0) is 0 Å². The molecular formula is C19H18N4S. The molecule has 3 aromatic rings. The van der Waals surface area contributed by atoms with Crippen LogP contribution in [0.1, 0.15) is 19.3 Å². The van der Waals surface area contributed by atoms with Crippen LogP contribution in [-0.4, -0.2) is 20.5 Å². The summed E-state index contributed by atoms with van der Waals surface area (Å²) in [6.45, 7) is 0. The average molecular weight is 334 g/mol. The Morgan fingerprint density at radius 1 is 0.917 bits per heavy atom. The molecule has 3 rings (SSSR count). The van der Waals surface area contributed by atoms with Crippen LogP contribution in [0.25, 0.3) is 17.1 Å². The van der Waals surface area contributed by atoms with Gasteiger partial charge in [-0.15, -0.1) is 10.2 Å². The number of para-hydroxylation sites is 1. The lowest BCUT2D eigenvalue weighted by Crippen LogP contribution is -1.99. The van der Waals surface area contributed by atoms with Crippen molar-refractivity contribution in [1.29, 1.82) is 5.26 Å². The number of aromatic nitrogens is 3. The van der Waals surface area contributed by atoms with Gasteiger partial charge in [0.25, 0.3) is 0 Å². The molecular weight excluding hydrogens is 316 g/mol. The first-order valence-corrected chi connectivity index (χ1v) is 8.94. The number of hydrogen-bond donors (Lipinski definition) is 0. The molecule has 0 N–H and O–H groups in total. The van der Waals surface area contributed by atoms with Crippen LogP contribution in [0.4, 0.5) is 0 Å². The molecule has 0 radical (unpaired) electrons. The fourth-order valence-corrected chi connectivity index (χ4v) is 3.37. The van der Waals surface area contributed by atoms with E-state index in [0.29, 0.717) is 6.42 Å². The first-order valence-electron chi connectivity index (χ1n) is 7.96. The average Bonchev–Trinajstić information content (AvgIpc) is 3.07. The normalized spacial score (nSPS) is 10.5. The zero-order valence-corrected chi connectivity index (χ0v) is 14.1. The van der Waals surface area contributed by atoms with E-state index in [1.165, 1.54) is 0 Å². The van der Waals surface area contributed by atoms with E-state index in [4.69, 9.17) is 5.26 Å². The van der Waals surface area contributed by atoms with Gasteiger partial charge in [0, 0.05) is 23.4 Å². The number of thioether (sulfide) groups is 1. The molecule has 120 valence electrons. The first-order chi connectivity index (χ1) is 11.9. The molecule has 0 atom stereocenters. The van der Waals surface area contributed by atoms with E-state index in [1.54, 1.807) is 11.8 Å². The minimum Gasteiger partial charge on any atom is -0.270 e. The predicted octanol–water partition coefficient (Wildman–Crippen LogP) is 4.72. The van der Waals surface area contributed by atoms with E-state index >= 15 is 0 Å². The number of hydrogen-bond acceptors (Lipinski definition) is 4. The fourth-order valence-electron chi connectivity index (χ4n) is 2.42. The summed E-state index contributed by atoms with van der Waals surface area (Å²) in [7, 11) is 0. The SMILES string of the molecule is N#CCCCCSc1nnc(-c2ccccc2)n1-c1ccccc1. The number of benzene rings is 2. The molecule has 0 unspecified atom stereocenters. The summed E-state index contributed by atoms with van der Waals surface area (Å²) in [6.07, 6.45) is 2.54. The van der Waals surface area contributed by atoms with Crippen LogP contribution in [0.2, 0.25) is 0 Å². The number of unbranched alkanes of at least 4 members (excludes halogenated alkanes) is 2. The molecule has 0 spiro atoms. The monoisotopic (exact) mass is 334 g/mol. The lowest BCUT2D eigenvalue weighted by molar-refractivity contribution is 0.823. The topological polar surface area (TPSA) is 54.5 Å². The second kappa shape index (κ2) is 8.32. The third kappa shape index (κ3) is 3.84. The largest absolute Gasteiger partial charge is 0.270 e. The van der Waals surface area contributed by atoms with Crippen molar-refractivity contribution in [3.63, 3.8) is 0 Å². The molecule has 4 nitrogen and oxygen atoms in total. The van der Waals surface area contributed by atoms with Gasteiger partial charge in [0.1, 0.15) is 0 Å². The number of rotatable bonds is 7. The summed E-state index contributed by atoms with van der Waals surface area (Å²) in [5.74, 6) is 1.78. The molecule has 0 saturated carbocycles. The maximum atomic E-state index is 8.62. The van der Waals surface area contributed by atoms with Crippen LogP contribution < -0.4 is 0 Å². The van der Waals surface area contributed by atoms with Crippen LogP contribution >= 0.6 is 11.8 Å². The van der Waals surface area contributed by atoms with Gasteiger partial charge in [-0.2, -0.15) is 5.26 Å². The van der Waals surface area contributed by atoms with E-state index < -0.39 is 0 Å². The Kier molecular flexibility index (Phi) is 5.65. The third-order valence-electron chi connectivity index (χ3n) is 3.59. The standard InChI is InChI=1S/C19H18N4S/c20-14-8-3-9-15-24-19-22-21-18(16-10-4-1-5-11-16)23(19)17-12-6-2-7-13-17/h1-2,4-7,10-13H,3,8-9,15H2. The summed E-state index contributed by atoms with van der Waals surface area (Å²) in [5.41, 5.74) is 2.10. The van der Waals surface area contributed by atoms with Crippen molar-refractivity contribution < 1.29 is 0 Å². The highest BCUT2D eigenvalue weighted by atomic mass is 32.2. The summed E-state index contributed by atoms with van der Waals surface area (Å²) >= 11 is 1.69. The molecule has 0 bridgehead atoms. The highest BCUT2D eigenvalue weighted by Crippen LogP contribution is 2.28. The summed E-state index contributed by atoms with van der Waals surface area (Å²) in [5, 5.41) is 18.3. The van der Waals surface area contributed by atoms with E-state index in [0.717, 1.165) is 40.8 Å². The van der Waals surface area contributed by atoms with Crippen molar-refractivity contribution in [3.8, 4) is 23.1 Å². The number of nitriles is 1. The van der Waals surface area contributed by atoms with Crippen LogP contribution in [0.15, 0.2) is 65.8 Å². The van der Waals surface area contributed by atoms with Gasteiger partial charge in [-0.1, -0.05) is 60.3 Å². The minimum atomic E-state index is 0.612. The van der Waals surface area contributed by atoms with Gasteiger partial charge in [0.15, 0.2) is 11.0 Å². The molecule has 0 saturated heterocycles. The first kappa shape index (κ1) is 16.3. The Hall–Kier alpha value is -2.58. The quantitative estimate of drug-likeness (QED) is 0.463. The smallest absolute Gasteiger partial charge is 0.196 e. The lowest BCUT2D eigenvalue weighted by atomic mass is 10.2. The summed E-state index contributed by atoms with van der Waals surface area (Å²) < 4.78 is 2.10. The Labute approximate surface area is 146 Å². The van der Waals surface area contributed by atoms with Gasteiger partial charge in [-0.3, -0.25) is 4.57 Å². The molecule has 0 fully saturated rings. The summed E-state index contributed by atoms with van der Waals surface area (Å²) in [4.78, 5) is 0. The van der Waals surface area contributed by atoms with Gasteiger partial charge in [0.2, 0.25) is 0 Å². The zero-order valence-electron chi connectivity index (χ0n) is 13.3. The van der Waals surface area contributed by atoms with Crippen LogP contribution in [0.5, 0.6) is 0 Å². The maximum absolute atomic E-state index is 8.62. The van der Waals surface area contributed by atoms with Crippen LogP contribution in [0.3, 0.4) is 0 Å². The van der Waals surface area contributed by atoms with Gasteiger partial charge in [-0.25, -0.2) is 0 Å². The number of nitrogens with zero attached hydrogens (tertiary/aromatic N) is 4. The second-order valence-corrected chi connectivity index (χ2v) is 6.37. The Morgan fingerprint density at radius 3 is 2.33 bits per heavy atom. The Bertz CT molecular complexity index is 806. The maximum Gasteiger partial charge on any atom is 0.196 e. The highest BCUT2D eigenvalue weighted by Gasteiger charge is 2.15. The lowest BCUT2D eigenvalue weighted by Gasteiger charge is -2.10. The van der Waals surface area contributed by atoms with Crippen molar-refractivity contribution in [2.45, 2.75) is 24.4 Å². The summed E-state index contributed by atoms with van der Waals surface area (Å²) in [6, 6.07) is 22.5. The van der Waals surface area contributed by atoms with E-state index in [2.05, 4.69) is 33.0 Å². The van der Waals surface area contributed by atoms with Crippen molar-refractivity contribution in [2.24, 2.45) is 0 Å². The highest BCUT2D eigenvalue weighted by molar-refractivity contribution is 7.99. The molecule has 1 heterocycles. The molecule has 2 aromatic carbocycles. The van der Waals surface area contributed by atoms with Gasteiger partial charge in [0.05, 0.1) is 6.07 Å². The van der Waals surface area contributed by atoms with Gasteiger partial charge in [-0.05, 0) is 25.0 Å². The predicted molar refractivity (Wildman–Crippen MR) is 97.0 cm³/mol. The molecule has 0 aliphatic heterocycles. The van der Waals surface area contributed by atoms with E-state index in [9.17, 15) is 0 Å². The van der Waals surface area contributed by atoms with Crippen molar-refractivity contribution in [3.05, 3.63) is 60.7 Å². The third-order valence-corrected chi connectivity index (χ3v) is 4.61. The Morgan fingerprint density at radius 2 is 1.62 bits per heavy atom. The molecule has 0 aliphatic carbocycles. The van der Waals surface area contributed by atoms with Crippen molar-refractivity contribution >= 4 is 11.8 Å². The van der Waals surface area contributed by atoms with Gasteiger partial charge < -0.3 is 0 Å². The molecule has 1 aromatic heterocycles. The van der Waals surface area contributed by atoms with Gasteiger partial charge >= 0.3 is 0 Å². The van der Waals surface area contributed by atoms with Crippen LogP contribution in [0, 0.1) is 11.3 Å². The molecule has 0 aliphatic rings. The Balaban J connectivity index is 1.89.